The number of halogens is 1. The summed E-state index contributed by atoms with van der Waals surface area (Å²) in [5.41, 5.74) is 4.60. The van der Waals surface area contributed by atoms with Crippen molar-refractivity contribution in [2.45, 2.75) is 18.4 Å². The van der Waals surface area contributed by atoms with Crippen LogP contribution in [0.3, 0.4) is 0 Å². The molecule has 0 atom stereocenters. The number of rotatable bonds is 5. The number of aryl methyl sites for hydroxylation is 1. The molecule has 132 valence electrons. The molecule has 0 saturated heterocycles. The van der Waals surface area contributed by atoms with Crippen molar-refractivity contribution in [2.24, 2.45) is 0 Å². The van der Waals surface area contributed by atoms with Crippen molar-refractivity contribution in [1.82, 2.24) is 10.3 Å². The fraction of sp³-hybridized carbons (Fsp3) is 0.143. The van der Waals surface area contributed by atoms with E-state index in [1.807, 2.05) is 61.7 Å². The number of benzene rings is 2. The third-order valence-corrected chi connectivity index (χ3v) is 4.97. The Hall–Kier alpha value is -2.30. The molecule has 3 aromatic rings. The van der Waals surface area contributed by atoms with Gasteiger partial charge in [0, 0.05) is 33.9 Å². The largest absolute Gasteiger partial charge is 0.348 e. The normalized spacial score (nSPS) is 10.6. The van der Waals surface area contributed by atoms with Gasteiger partial charge in [0.15, 0.2) is 0 Å². The lowest BCUT2D eigenvalue weighted by Gasteiger charge is -2.10. The first-order valence-electron chi connectivity index (χ1n) is 8.20. The lowest BCUT2D eigenvalue weighted by Crippen LogP contribution is -2.23. The number of thioether (sulfide) groups is 1. The van der Waals surface area contributed by atoms with E-state index in [1.54, 1.807) is 18.0 Å². The van der Waals surface area contributed by atoms with Crippen LogP contribution in [0.2, 0.25) is 5.02 Å². The van der Waals surface area contributed by atoms with Crippen LogP contribution in [0.4, 0.5) is 0 Å². The molecule has 1 amide bonds. The van der Waals surface area contributed by atoms with Gasteiger partial charge in [-0.05, 0) is 66.3 Å². The lowest BCUT2D eigenvalue weighted by atomic mass is 10.0. The van der Waals surface area contributed by atoms with Gasteiger partial charge in [0.25, 0.3) is 5.91 Å². The molecular weight excluding hydrogens is 364 g/mol. The maximum atomic E-state index is 12.6. The van der Waals surface area contributed by atoms with Crippen LogP contribution in [-0.2, 0) is 6.54 Å². The van der Waals surface area contributed by atoms with Crippen LogP contribution < -0.4 is 5.32 Å². The summed E-state index contributed by atoms with van der Waals surface area (Å²) >= 11 is 7.59. The Morgan fingerprint density at radius 1 is 1.08 bits per heavy atom. The molecule has 0 spiro atoms. The number of aromatic nitrogens is 1. The topological polar surface area (TPSA) is 42.0 Å². The summed E-state index contributed by atoms with van der Waals surface area (Å²) in [6.07, 6.45) is 3.79. The van der Waals surface area contributed by atoms with Crippen molar-refractivity contribution in [3.63, 3.8) is 0 Å². The van der Waals surface area contributed by atoms with Crippen LogP contribution in [0, 0.1) is 6.92 Å². The predicted octanol–water partition coefficient (Wildman–Crippen LogP) is 5.36. The van der Waals surface area contributed by atoms with Gasteiger partial charge in [0.1, 0.15) is 0 Å². The van der Waals surface area contributed by atoms with Gasteiger partial charge >= 0.3 is 0 Å². The van der Waals surface area contributed by atoms with Crippen molar-refractivity contribution >= 4 is 29.3 Å². The van der Waals surface area contributed by atoms with Crippen LogP contribution in [-0.4, -0.2) is 17.1 Å². The number of carbonyl (C=O) groups excluding carboxylic acids is 1. The number of pyridine rings is 1. The van der Waals surface area contributed by atoms with E-state index in [4.69, 9.17) is 11.6 Å². The molecule has 3 nitrogen and oxygen atoms in total. The number of carbonyl (C=O) groups is 1. The highest BCUT2D eigenvalue weighted by Gasteiger charge is 2.10. The molecule has 1 aromatic heterocycles. The Bertz CT molecular complexity index is 908. The van der Waals surface area contributed by atoms with E-state index in [2.05, 4.69) is 16.4 Å². The highest BCUT2D eigenvalue weighted by Crippen LogP contribution is 2.27. The molecule has 0 bridgehead atoms. The number of amides is 1. The molecule has 1 N–H and O–H groups in total. The first-order valence-corrected chi connectivity index (χ1v) is 9.80. The summed E-state index contributed by atoms with van der Waals surface area (Å²) in [5.74, 6) is -0.100. The van der Waals surface area contributed by atoms with Gasteiger partial charge in [-0.15, -0.1) is 11.8 Å². The highest BCUT2D eigenvalue weighted by molar-refractivity contribution is 7.98. The quantitative estimate of drug-likeness (QED) is 0.604. The number of hydrogen-bond acceptors (Lipinski definition) is 3. The van der Waals surface area contributed by atoms with E-state index in [0.29, 0.717) is 17.1 Å². The minimum absolute atomic E-state index is 0.100. The summed E-state index contributed by atoms with van der Waals surface area (Å²) in [6.45, 7) is 2.39. The zero-order valence-electron chi connectivity index (χ0n) is 14.6. The summed E-state index contributed by atoms with van der Waals surface area (Å²) in [6, 6.07) is 17.4. The second-order valence-electron chi connectivity index (χ2n) is 5.95. The number of nitrogens with zero attached hydrogens (tertiary/aromatic N) is 1. The van der Waals surface area contributed by atoms with Crippen LogP contribution in [0.1, 0.15) is 21.6 Å². The molecule has 3 rings (SSSR count). The van der Waals surface area contributed by atoms with E-state index in [0.717, 1.165) is 27.3 Å². The summed E-state index contributed by atoms with van der Waals surface area (Å²) in [5, 5.41) is 3.66. The standard InChI is InChI=1S/C21H19ClN2OS/c1-14-3-4-15(12-23-14)13-24-21(25)18-9-17(10-20(11-18)26-2)16-5-7-19(22)8-6-16/h3-12H,13H2,1-2H3,(H,24,25). The first-order chi connectivity index (χ1) is 12.5. The van der Waals surface area contributed by atoms with Gasteiger partial charge in [-0.2, -0.15) is 0 Å². The number of hydrogen-bond donors (Lipinski definition) is 1. The molecule has 5 heteroatoms. The zero-order valence-corrected chi connectivity index (χ0v) is 16.2. The highest BCUT2D eigenvalue weighted by atomic mass is 35.5. The van der Waals surface area contributed by atoms with E-state index < -0.39 is 0 Å². The van der Waals surface area contributed by atoms with Crippen LogP contribution in [0.5, 0.6) is 0 Å². The SMILES string of the molecule is CSc1cc(C(=O)NCc2ccc(C)nc2)cc(-c2ccc(Cl)cc2)c1. The fourth-order valence-electron chi connectivity index (χ4n) is 2.54. The van der Waals surface area contributed by atoms with Gasteiger partial charge in [-0.25, -0.2) is 0 Å². The van der Waals surface area contributed by atoms with Crippen molar-refractivity contribution in [2.75, 3.05) is 6.26 Å². The molecule has 2 aromatic carbocycles. The summed E-state index contributed by atoms with van der Waals surface area (Å²) in [7, 11) is 0. The van der Waals surface area contributed by atoms with Gasteiger partial charge in [-0.1, -0.05) is 29.8 Å². The molecule has 0 radical (unpaired) electrons. The minimum Gasteiger partial charge on any atom is -0.348 e. The van der Waals surface area contributed by atoms with Crippen molar-refractivity contribution in [3.05, 3.63) is 82.6 Å². The third-order valence-electron chi connectivity index (χ3n) is 4.01. The Balaban J connectivity index is 1.81. The molecule has 1 heterocycles. The molecule has 0 aliphatic rings. The van der Waals surface area contributed by atoms with E-state index in [-0.39, 0.29) is 5.91 Å². The molecule has 26 heavy (non-hydrogen) atoms. The smallest absolute Gasteiger partial charge is 0.251 e. The predicted molar refractivity (Wildman–Crippen MR) is 109 cm³/mol. The van der Waals surface area contributed by atoms with E-state index in [1.165, 1.54) is 0 Å². The average molecular weight is 383 g/mol. The zero-order chi connectivity index (χ0) is 18.5. The monoisotopic (exact) mass is 382 g/mol. The molecule has 0 fully saturated rings. The third kappa shape index (κ3) is 4.65. The molecule has 0 unspecified atom stereocenters. The van der Waals surface area contributed by atoms with Crippen molar-refractivity contribution in [3.8, 4) is 11.1 Å². The Labute approximate surface area is 162 Å². The van der Waals surface area contributed by atoms with Crippen molar-refractivity contribution in [1.29, 1.82) is 0 Å². The maximum absolute atomic E-state index is 12.6. The Morgan fingerprint density at radius 2 is 1.85 bits per heavy atom. The van der Waals surface area contributed by atoms with Crippen molar-refractivity contribution < 1.29 is 4.79 Å². The fourth-order valence-corrected chi connectivity index (χ4v) is 3.16. The summed E-state index contributed by atoms with van der Waals surface area (Å²) < 4.78 is 0. The Kier molecular flexibility index (Phi) is 5.96. The van der Waals surface area contributed by atoms with Gasteiger partial charge < -0.3 is 5.32 Å². The number of nitrogens with one attached hydrogen (secondary N) is 1. The van der Waals surface area contributed by atoms with Gasteiger partial charge in [0.05, 0.1) is 0 Å². The molecule has 0 saturated carbocycles. The molecule has 0 aliphatic carbocycles. The van der Waals surface area contributed by atoms with Gasteiger partial charge in [0.2, 0.25) is 0 Å². The molecular formula is C21H19ClN2OS. The Morgan fingerprint density at radius 3 is 2.50 bits per heavy atom. The minimum atomic E-state index is -0.100. The van der Waals surface area contributed by atoms with Gasteiger partial charge in [-0.3, -0.25) is 9.78 Å². The van der Waals surface area contributed by atoms with Crippen LogP contribution in [0.15, 0.2) is 65.7 Å². The average Bonchev–Trinajstić information content (AvgIpc) is 2.67. The lowest BCUT2D eigenvalue weighted by molar-refractivity contribution is 0.0950. The first kappa shape index (κ1) is 18.5. The second kappa shape index (κ2) is 8.39. The molecule has 0 aliphatic heterocycles. The summed E-state index contributed by atoms with van der Waals surface area (Å²) in [4.78, 5) is 17.9. The van der Waals surface area contributed by atoms with Crippen LogP contribution >= 0.6 is 23.4 Å². The van der Waals surface area contributed by atoms with Crippen LogP contribution in [0.25, 0.3) is 11.1 Å². The second-order valence-corrected chi connectivity index (χ2v) is 7.26. The van der Waals surface area contributed by atoms with E-state index in [9.17, 15) is 4.79 Å². The maximum Gasteiger partial charge on any atom is 0.251 e. The van der Waals surface area contributed by atoms with E-state index >= 15 is 0 Å².